The van der Waals surface area contributed by atoms with E-state index >= 15 is 0 Å². The van der Waals surface area contributed by atoms with E-state index in [4.69, 9.17) is 18.8 Å². The summed E-state index contributed by atoms with van der Waals surface area (Å²) in [5.41, 5.74) is 16.0. The van der Waals surface area contributed by atoms with Crippen LogP contribution in [0, 0.1) is 0 Å². The van der Waals surface area contributed by atoms with Crippen molar-refractivity contribution >= 4 is 131 Å². The fraction of sp³-hybridized carbons (Fsp3) is 0. The van der Waals surface area contributed by atoms with E-state index < -0.39 is 0 Å². The number of pyridine rings is 2. The molecule has 0 aliphatic heterocycles. The summed E-state index contributed by atoms with van der Waals surface area (Å²) in [6, 6.07) is 86.1. The van der Waals surface area contributed by atoms with Gasteiger partial charge in [0.1, 0.15) is 34.0 Å². The molecule has 0 aliphatic carbocycles. The second kappa shape index (κ2) is 15.4. The molecular formula is C70H40N6O2. The standard InChI is InChI=1S/C70H40N6O2/c1-7-23-55-43(15-1)44-16-2-8-24-56(44)73(55)41-31-37-63-51(39-41)47-33-35-61-67(69(47)77-63)49-19-5-11-27-59(49)75(61)65-29-13-21-53(71-65)54-22-14-30-66(72-54)76-60-28-12-6-20-50(60)68-62(76)36-34-48-52-40-42(32-38-64(52)78-70(48)68)74-57-25-9-3-17-45(57)46-18-4-10-26-58(46)74/h1-40H. The highest BCUT2D eigenvalue weighted by Gasteiger charge is 2.23. The summed E-state index contributed by atoms with van der Waals surface area (Å²) >= 11 is 0. The molecular weight excluding hydrogens is 957 g/mol. The molecule has 0 bridgehead atoms. The number of hydrogen-bond acceptors (Lipinski definition) is 4. The molecule has 0 N–H and O–H groups in total. The van der Waals surface area contributed by atoms with Gasteiger partial charge < -0.3 is 18.0 Å². The van der Waals surface area contributed by atoms with Crippen molar-refractivity contribution in [1.29, 1.82) is 0 Å². The highest BCUT2D eigenvalue weighted by molar-refractivity contribution is 6.25. The monoisotopic (exact) mass is 996 g/mol. The van der Waals surface area contributed by atoms with Gasteiger partial charge >= 0.3 is 0 Å². The fourth-order valence-electron chi connectivity index (χ4n) is 13.1. The Hall–Kier alpha value is -10.7. The van der Waals surface area contributed by atoms with Crippen LogP contribution >= 0.6 is 0 Å². The smallest absolute Gasteiger partial charge is 0.145 e. The third-order valence-corrected chi connectivity index (χ3v) is 16.4. The molecule has 10 aromatic carbocycles. The van der Waals surface area contributed by atoms with Gasteiger partial charge in [-0.1, -0.05) is 121 Å². The van der Waals surface area contributed by atoms with Gasteiger partial charge in [0, 0.05) is 65.2 Å². The van der Waals surface area contributed by atoms with Crippen LogP contribution in [-0.4, -0.2) is 28.2 Å². The van der Waals surface area contributed by atoms with E-state index in [9.17, 15) is 0 Å². The fourth-order valence-corrected chi connectivity index (χ4v) is 13.1. The summed E-state index contributed by atoms with van der Waals surface area (Å²) in [7, 11) is 0. The molecule has 0 radical (unpaired) electrons. The van der Waals surface area contributed by atoms with E-state index in [-0.39, 0.29) is 0 Å². The number of fused-ring (bicyclic) bond motifs is 20. The molecule has 0 amide bonds. The molecule has 8 aromatic heterocycles. The maximum atomic E-state index is 6.89. The Morgan fingerprint density at radius 1 is 0.244 bits per heavy atom. The highest BCUT2D eigenvalue weighted by Crippen LogP contribution is 2.44. The molecule has 0 unspecified atom stereocenters. The molecule has 0 atom stereocenters. The van der Waals surface area contributed by atoms with Crippen molar-refractivity contribution < 1.29 is 8.83 Å². The third-order valence-electron chi connectivity index (χ3n) is 16.4. The molecule has 8 heteroatoms. The molecule has 8 nitrogen and oxygen atoms in total. The van der Waals surface area contributed by atoms with Crippen molar-refractivity contribution in [2.24, 2.45) is 0 Å². The van der Waals surface area contributed by atoms with Crippen molar-refractivity contribution in [3.05, 3.63) is 243 Å². The Kier molecular flexibility index (Phi) is 8.24. The molecule has 18 aromatic rings. The van der Waals surface area contributed by atoms with Crippen LogP contribution in [0.15, 0.2) is 251 Å². The zero-order valence-electron chi connectivity index (χ0n) is 41.6. The summed E-state index contributed by atoms with van der Waals surface area (Å²) in [5.74, 6) is 1.58. The van der Waals surface area contributed by atoms with E-state index in [0.717, 1.165) is 122 Å². The summed E-state index contributed by atoms with van der Waals surface area (Å²) < 4.78 is 23.0. The lowest BCUT2D eigenvalue weighted by Crippen LogP contribution is -2.01. The van der Waals surface area contributed by atoms with Crippen LogP contribution in [0.5, 0.6) is 0 Å². The van der Waals surface area contributed by atoms with Crippen LogP contribution in [0.4, 0.5) is 0 Å². The lowest BCUT2D eigenvalue weighted by Gasteiger charge is -2.11. The minimum Gasteiger partial charge on any atom is -0.455 e. The minimum atomic E-state index is 0.766. The normalized spacial score (nSPS) is 12.4. The number of benzene rings is 10. The molecule has 0 saturated carbocycles. The molecule has 362 valence electrons. The lowest BCUT2D eigenvalue weighted by atomic mass is 10.1. The number of hydrogen-bond donors (Lipinski definition) is 0. The summed E-state index contributed by atoms with van der Waals surface area (Å²) in [6.07, 6.45) is 0. The second-order valence-electron chi connectivity index (χ2n) is 20.4. The third kappa shape index (κ3) is 5.61. The zero-order chi connectivity index (χ0) is 50.7. The zero-order valence-corrected chi connectivity index (χ0v) is 41.6. The second-order valence-corrected chi connectivity index (χ2v) is 20.4. The molecule has 78 heavy (non-hydrogen) atoms. The Morgan fingerprint density at radius 2 is 0.590 bits per heavy atom. The van der Waals surface area contributed by atoms with Crippen molar-refractivity contribution in [1.82, 2.24) is 28.2 Å². The Balaban J connectivity index is 0.758. The molecule has 0 spiro atoms. The van der Waals surface area contributed by atoms with E-state index in [2.05, 4.69) is 249 Å². The van der Waals surface area contributed by atoms with Crippen molar-refractivity contribution in [3.8, 4) is 34.4 Å². The molecule has 0 saturated heterocycles. The van der Waals surface area contributed by atoms with Gasteiger partial charge in [-0.3, -0.25) is 9.13 Å². The number of furan rings is 2. The minimum absolute atomic E-state index is 0.766. The SMILES string of the molecule is c1cc(-c2cccc(-n3c4ccccc4c4c5oc6ccc(-n7c8ccccc8c8ccccc87)cc6c5ccc43)n2)nc(-n2c3ccccc3c3c4oc5ccc(-n6c7ccccc7c7ccccc76)cc5c4ccc32)c1. The predicted molar refractivity (Wildman–Crippen MR) is 319 cm³/mol. The number of para-hydroxylation sites is 6. The summed E-state index contributed by atoms with van der Waals surface area (Å²) in [4.78, 5) is 10.8. The highest BCUT2D eigenvalue weighted by atomic mass is 16.3. The summed E-state index contributed by atoms with van der Waals surface area (Å²) in [6.45, 7) is 0. The van der Waals surface area contributed by atoms with Crippen LogP contribution in [0.1, 0.15) is 0 Å². The molecule has 0 fully saturated rings. The number of nitrogens with zero attached hydrogens (tertiary/aromatic N) is 6. The average Bonchev–Trinajstić information content (AvgIpc) is 4.50. The maximum absolute atomic E-state index is 6.89. The largest absolute Gasteiger partial charge is 0.455 e. The van der Waals surface area contributed by atoms with Gasteiger partial charge in [0.2, 0.25) is 0 Å². The molecule has 0 aliphatic rings. The van der Waals surface area contributed by atoms with Crippen molar-refractivity contribution in [3.63, 3.8) is 0 Å². The molecule has 18 rings (SSSR count). The van der Waals surface area contributed by atoms with Gasteiger partial charge in [-0.05, 0) is 121 Å². The predicted octanol–water partition coefficient (Wildman–Crippen LogP) is 18.3. The van der Waals surface area contributed by atoms with Gasteiger partial charge in [0.25, 0.3) is 0 Å². The average molecular weight is 997 g/mol. The first-order valence-corrected chi connectivity index (χ1v) is 26.4. The first-order valence-electron chi connectivity index (χ1n) is 26.4. The Bertz CT molecular complexity index is 5150. The van der Waals surface area contributed by atoms with Gasteiger partial charge in [-0.25, -0.2) is 9.97 Å². The lowest BCUT2D eigenvalue weighted by molar-refractivity contribution is 0.672. The van der Waals surface area contributed by atoms with Gasteiger partial charge in [-0.15, -0.1) is 0 Å². The van der Waals surface area contributed by atoms with Crippen LogP contribution in [0.2, 0.25) is 0 Å². The van der Waals surface area contributed by atoms with Crippen LogP contribution in [0.25, 0.3) is 165 Å². The Labute approximate surface area is 443 Å². The first-order chi connectivity index (χ1) is 38.7. The van der Waals surface area contributed by atoms with E-state index in [0.29, 0.717) is 0 Å². The van der Waals surface area contributed by atoms with Gasteiger partial charge in [0.15, 0.2) is 0 Å². The van der Waals surface area contributed by atoms with Gasteiger partial charge in [0.05, 0.1) is 66.3 Å². The summed E-state index contributed by atoms with van der Waals surface area (Å²) in [5, 5.41) is 13.5. The van der Waals surface area contributed by atoms with Crippen molar-refractivity contribution in [2.75, 3.05) is 0 Å². The quantitative estimate of drug-likeness (QED) is 0.172. The van der Waals surface area contributed by atoms with E-state index in [1.165, 1.54) is 43.6 Å². The molecule has 8 heterocycles. The Morgan fingerprint density at radius 3 is 0.974 bits per heavy atom. The van der Waals surface area contributed by atoms with Crippen LogP contribution in [0.3, 0.4) is 0 Å². The van der Waals surface area contributed by atoms with Crippen LogP contribution < -0.4 is 0 Å². The van der Waals surface area contributed by atoms with Crippen LogP contribution in [-0.2, 0) is 0 Å². The number of aromatic nitrogens is 6. The first kappa shape index (κ1) is 41.6. The number of rotatable bonds is 5. The topological polar surface area (TPSA) is 71.8 Å². The van der Waals surface area contributed by atoms with Crippen molar-refractivity contribution in [2.45, 2.75) is 0 Å². The maximum Gasteiger partial charge on any atom is 0.145 e. The van der Waals surface area contributed by atoms with E-state index in [1.807, 2.05) is 12.1 Å². The van der Waals surface area contributed by atoms with Gasteiger partial charge in [-0.2, -0.15) is 0 Å². The van der Waals surface area contributed by atoms with E-state index in [1.54, 1.807) is 0 Å².